The minimum Gasteiger partial charge on any atom is -0.496 e. The number of ether oxygens (including phenoxy) is 3. The van der Waals surface area contributed by atoms with Crippen molar-refractivity contribution in [2.75, 3.05) is 33.9 Å². The lowest BCUT2D eigenvalue weighted by Gasteiger charge is -2.32. The minimum atomic E-state index is -0.331. The van der Waals surface area contributed by atoms with E-state index >= 15 is 0 Å². The summed E-state index contributed by atoms with van der Waals surface area (Å²) in [5.41, 5.74) is 0. The molecule has 2 rings (SSSR count). The number of morpholine rings is 1. The second-order valence-corrected chi connectivity index (χ2v) is 5.29. The second kappa shape index (κ2) is 6.71. The van der Waals surface area contributed by atoms with Gasteiger partial charge in [0.1, 0.15) is 5.75 Å². The Kier molecular flexibility index (Phi) is 4.97. The molecule has 1 aromatic rings. The molecule has 0 bridgehead atoms. The molecule has 1 amide bonds. The van der Waals surface area contributed by atoms with Gasteiger partial charge < -0.3 is 19.1 Å². The second-order valence-electron chi connectivity index (χ2n) is 4.38. The smallest absolute Gasteiger partial charge is 0.308 e. The highest BCUT2D eigenvalue weighted by molar-refractivity contribution is 7.12. The van der Waals surface area contributed by atoms with Gasteiger partial charge >= 0.3 is 5.97 Å². The molecule has 0 saturated carbocycles. The average Bonchev–Trinajstić information content (AvgIpc) is 2.95. The van der Waals surface area contributed by atoms with Crippen molar-refractivity contribution in [1.82, 2.24) is 4.90 Å². The van der Waals surface area contributed by atoms with Crippen LogP contribution in [0.5, 0.6) is 5.75 Å². The highest BCUT2D eigenvalue weighted by Gasteiger charge is 2.27. The minimum absolute atomic E-state index is 0.0588. The van der Waals surface area contributed by atoms with Gasteiger partial charge in [-0.15, -0.1) is 11.3 Å². The highest BCUT2D eigenvalue weighted by atomic mass is 32.1. The molecule has 1 aromatic heterocycles. The van der Waals surface area contributed by atoms with E-state index in [1.54, 1.807) is 23.5 Å². The summed E-state index contributed by atoms with van der Waals surface area (Å²) in [5, 5.41) is 1.79. The van der Waals surface area contributed by atoms with E-state index in [2.05, 4.69) is 4.74 Å². The normalized spacial score (nSPS) is 18.7. The Morgan fingerprint density at radius 1 is 1.50 bits per heavy atom. The first-order chi connectivity index (χ1) is 9.63. The maximum atomic E-state index is 12.3. The molecule has 6 nitrogen and oxygen atoms in total. The van der Waals surface area contributed by atoms with Crippen molar-refractivity contribution in [2.24, 2.45) is 0 Å². The number of amides is 1. The summed E-state index contributed by atoms with van der Waals surface area (Å²) in [5.74, 6) is 0.288. The van der Waals surface area contributed by atoms with E-state index in [-0.39, 0.29) is 24.4 Å². The van der Waals surface area contributed by atoms with Crippen molar-refractivity contribution in [3.8, 4) is 5.75 Å². The van der Waals surface area contributed by atoms with Gasteiger partial charge in [-0.3, -0.25) is 9.59 Å². The Bertz CT molecular complexity index is 487. The van der Waals surface area contributed by atoms with Gasteiger partial charge in [-0.1, -0.05) is 0 Å². The van der Waals surface area contributed by atoms with Crippen molar-refractivity contribution in [3.05, 3.63) is 16.3 Å². The zero-order valence-corrected chi connectivity index (χ0v) is 12.3. The lowest BCUT2D eigenvalue weighted by atomic mass is 10.2. The largest absolute Gasteiger partial charge is 0.496 e. The molecule has 1 aliphatic rings. The highest BCUT2D eigenvalue weighted by Crippen LogP contribution is 2.23. The fourth-order valence-electron chi connectivity index (χ4n) is 1.99. The van der Waals surface area contributed by atoms with Crippen LogP contribution in [0.2, 0.25) is 0 Å². The number of hydrogen-bond donors (Lipinski definition) is 0. The Morgan fingerprint density at radius 3 is 2.95 bits per heavy atom. The van der Waals surface area contributed by atoms with Crippen molar-refractivity contribution >= 4 is 23.2 Å². The molecule has 2 heterocycles. The molecule has 0 aliphatic carbocycles. The van der Waals surface area contributed by atoms with Crippen LogP contribution in [0.4, 0.5) is 0 Å². The third kappa shape index (κ3) is 3.49. The van der Waals surface area contributed by atoms with E-state index in [0.29, 0.717) is 30.3 Å². The van der Waals surface area contributed by atoms with Gasteiger partial charge in [-0.2, -0.15) is 0 Å². The standard InChI is InChI=1S/C13H17NO5S/c1-17-10-5-11(20-8-10)13(16)14-3-4-19-9(7-14)6-12(15)18-2/h5,8-9H,3-4,6-7H2,1-2H3. The van der Waals surface area contributed by atoms with Crippen LogP contribution in [0.3, 0.4) is 0 Å². The van der Waals surface area contributed by atoms with E-state index in [1.165, 1.54) is 18.4 Å². The summed E-state index contributed by atoms with van der Waals surface area (Å²) in [6, 6.07) is 1.72. The van der Waals surface area contributed by atoms with E-state index in [1.807, 2.05) is 0 Å². The van der Waals surface area contributed by atoms with Crippen LogP contribution in [-0.4, -0.2) is 56.8 Å². The van der Waals surface area contributed by atoms with E-state index in [4.69, 9.17) is 9.47 Å². The molecule has 0 spiro atoms. The van der Waals surface area contributed by atoms with Crippen molar-refractivity contribution < 1.29 is 23.8 Å². The first kappa shape index (κ1) is 14.8. The monoisotopic (exact) mass is 299 g/mol. The predicted molar refractivity (Wildman–Crippen MR) is 73.1 cm³/mol. The molecule has 1 aliphatic heterocycles. The van der Waals surface area contributed by atoms with Crippen LogP contribution in [0.25, 0.3) is 0 Å². The van der Waals surface area contributed by atoms with E-state index < -0.39 is 0 Å². The zero-order valence-electron chi connectivity index (χ0n) is 11.5. The molecule has 1 atom stereocenters. The fraction of sp³-hybridized carbons (Fsp3) is 0.538. The summed E-state index contributed by atoms with van der Waals surface area (Å²) in [7, 11) is 2.91. The van der Waals surface area contributed by atoms with Gasteiger partial charge in [-0.25, -0.2) is 0 Å². The molecule has 1 saturated heterocycles. The quantitative estimate of drug-likeness (QED) is 0.781. The number of carbonyl (C=O) groups excluding carboxylic acids is 2. The fourth-order valence-corrected chi connectivity index (χ4v) is 2.81. The SMILES string of the molecule is COC(=O)CC1CN(C(=O)c2cc(OC)cs2)CCO1. The first-order valence-corrected chi connectivity index (χ1v) is 7.12. The molecule has 0 N–H and O–H groups in total. The van der Waals surface area contributed by atoms with Crippen molar-refractivity contribution in [3.63, 3.8) is 0 Å². The van der Waals surface area contributed by atoms with E-state index in [0.717, 1.165) is 0 Å². The summed E-state index contributed by atoms with van der Waals surface area (Å²) in [4.78, 5) is 25.9. The number of hydrogen-bond acceptors (Lipinski definition) is 6. The molecule has 0 aromatic carbocycles. The van der Waals surface area contributed by atoms with Crippen LogP contribution in [-0.2, 0) is 14.3 Å². The molecule has 1 fully saturated rings. The zero-order chi connectivity index (χ0) is 14.5. The molecular weight excluding hydrogens is 282 g/mol. The molecule has 1 unspecified atom stereocenters. The lowest BCUT2D eigenvalue weighted by Crippen LogP contribution is -2.46. The number of thiophene rings is 1. The van der Waals surface area contributed by atoms with Crippen LogP contribution in [0, 0.1) is 0 Å². The lowest BCUT2D eigenvalue weighted by molar-refractivity contribution is -0.145. The Balaban J connectivity index is 1.97. The maximum absolute atomic E-state index is 12.3. The molecule has 7 heteroatoms. The van der Waals surface area contributed by atoms with Crippen LogP contribution in [0.1, 0.15) is 16.1 Å². The van der Waals surface area contributed by atoms with Gasteiger partial charge in [0.05, 0.1) is 38.2 Å². The van der Waals surface area contributed by atoms with Gasteiger partial charge in [0, 0.05) is 24.5 Å². The Hall–Kier alpha value is -1.60. The topological polar surface area (TPSA) is 65.1 Å². The van der Waals surface area contributed by atoms with Crippen molar-refractivity contribution in [1.29, 1.82) is 0 Å². The Morgan fingerprint density at radius 2 is 2.30 bits per heavy atom. The predicted octanol–water partition coefficient (Wildman–Crippen LogP) is 1.16. The number of methoxy groups -OCH3 is 2. The molecular formula is C13H17NO5S. The van der Waals surface area contributed by atoms with Gasteiger partial charge in [-0.05, 0) is 0 Å². The summed E-state index contributed by atoms with van der Waals surface area (Å²) >= 11 is 1.35. The molecule has 110 valence electrons. The Labute approximate surface area is 121 Å². The maximum Gasteiger partial charge on any atom is 0.308 e. The van der Waals surface area contributed by atoms with Gasteiger partial charge in [0.15, 0.2) is 0 Å². The van der Waals surface area contributed by atoms with E-state index in [9.17, 15) is 9.59 Å². The van der Waals surface area contributed by atoms with Crippen molar-refractivity contribution in [2.45, 2.75) is 12.5 Å². The summed E-state index contributed by atoms with van der Waals surface area (Å²) < 4.78 is 15.2. The summed E-state index contributed by atoms with van der Waals surface area (Å²) in [6.45, 7) is 1.35. The number of esters is 1. The van der Waals surface area contributed by atoms with Crippen LogP contribution >= 0.6 is 11.3 Å². The molecule has 20 heavy (non-hydrogen) atoms. The van der Waals surface area contributed by atoms with Gasteiger partial charge in [0.25, 0.3) is 5.91 Å². The van der Waals surface area contributed by atoms with Gasteiger partial charge in [0.2, 0.25) is 0 Å². The number of rotatable bonds is 4. The summed E-state index contributed by atoms with van der Waals surface area (Å²) in [6.07, 6.45) is -0.143. The third-order valence-electron chi connectivity index (χ3n) is 3.07. The first-order valence-electron chi connectivity index (χ1n) is 6.24. The average molecular weight is 299 g/mol. The van der Waals surface area contributed by atoms with Crippen LogP contribution in [0.15, 0.2) is 11.4 Å². The number of nitrogens with zero attached hydrogens (tertiary/aromatic N) is 1. The number of carbonyl (C=O) groups is 2. The van der Waals surface area contributed by atoms with Crippen LogP contribution < -0.4 is 4.74 Å². The molecule has 0 radical (unpaired) electrons. The third-order valence-corrected chi connectivity index (χ3v) is 3.97.